The van der Waals surface area contributed by atoms with Gasteiger partial charge in [-0.25, -0.2) is 9.78 Å². The van der Waals surface area contributed by atoms with Crippen molar-refractivity contribution in [1.82, 2.24) is 14.5 Å². The van der Waals surface area contributed by atoms with Crippen LogP contribution in [0.3, 0.4) is 0 Å². The van der Waals surface area contributed by atoms with Crippen molar-refractivity contribution in [2.24, 2.45) is 10.9 Å². The number of nitro groups is 1. The van der Waals surface area contributed by atoms with E-state index in [0.717, 1.165) is 5.69 Å². The number of carbonyl (C=O) groups is 2. The second-order valence-corrected chi connectivity index (χ2v) is 8.87. The number of pyridine rings is 1. The predicted molar refractivity (Wildman–Crippen MR) is 143 cm³/mol. The number of nitro benzene ring substituents is 1. The molecule has 39 heavy (non-hydrogen) atoms. The highest BCUT2D eigenvalue weighted by atomic mass is 16.6. The summed E-state index contributed by atoms with van der Waals surface area (Å²) in [7, 11) is 1.24. The molecule has 3 heterocycles. The molecular weight excluding hydrogens is 502 g/mol. The van der Waals surface area contributed by atoms with E-state index in [1.54, 1.807) is 44.6 Å². The number of hydrogen-bond donors (Lipinski definition) is 0. The van der Waals surface area contributed by atoms with E-state index < -0.39 is 28.7 Å². The van der Waals surface area contributed by atoms with Gasteiger partial charge in [0.2, 0.25) is 0 Å². The zero-order valence-corrected chi connectivity index (χ0v) is 21.7. The van der Waals surface area contributed by atoms with Crippen molar-refractivity contribution in [2.45, 2.75) is 26.3 Å². The molecule has 0 saturated carbocycles. The Morgan fingerprint density at radius 1 is 1.18 bits per heavy atom. The van der Waals surface area contributed by atoms with Crippen LogP contribution in [-0.2, 0) is 25.6 Å². The zero-order chi connectivity index (χ0) is 27.9. The molecular formula is C28H27N5O6. The van der Waals surface area contributed by atoms with Crippen molar-refractivity contribution in [2.75, 3.05) is 13.7 Å². The van der Waals surface area contributed by atoms with Crippen LogP contribution in [0, 0.1) is 16.0 Å². The van der Waals surface area contributed by atoms with Gasteiger partial charge in [0.15, 0.2) is 0 Å². The number of aromatic nitrogens is 3. The third-order valence-corrected chi connectivity index (χ3v) is 6.27. The van der Waals surface area contributed by atoms with Gasteiger partial charge in [0.05, 0.1) is 41.9 Å². The van der Waals surface area contributed by atoms with Crippen molar-refractivity contribution in [1.29, 1.82) is 0 Å². The number of carbonyl (C=O) groups excluding carboxylic acids is 2. The van der Waals surface area contributed by atoms with Gasteiger partial charge in [-0.3, -0.25) is 24.9 Å². The molecule has 0 fully saturated rings. The quantitative estimate of drug-likeness (QED) is 0.229. The molecule has 0 spiro atoms. The minimum absolute atomic E-state index is 0.0592. The summed E-state index contributed by atoms with van der Waals surface area (Å²) in [5.41, 5.74) is 2.74. The van der Waals surface area contributed by atoms with Crippen LogP contribution in [0.1, 0.15) is 36.7 Å². The van der Waals surface area contributed by atoms with Crippen LogP contribution in [0.2, 0.25) is 0 Å². The number of benzene rings is 1. The molecule has 0 bridgehead atoms. The van der Waals surface area contributed by atoms with Gasteiger partial charge in [0, 0.05) is 41.9 Å². The maximum absolute atomic E-state index is 13.3. The third-order valence-electron chi connectivity index (χ3n) is 6.27. The smallest absolute Gasteiger partial charge is 0.336 e. The number of hydrogen-bond acceptors (Lipinski definition) is 9. The SMILES string of the molecule is COC(=O)C1C(C)=NC(C)=C(C(=O)OCC=Cc2cccc(Cn3ccnc3)n2)C1c1cccc([N+](=O)[O-])c1. The first-order chi connectivity index (χ1) is 18.8. The number of rotatable bonds is 9. The topological polar surface area (TPSA) is 139 Å². The standard InChI is InChI=1S/C28H27N5O6/c1-18-24(27(34)38-3)26(20-7-4-11-23(15-20)33(36)37)25(19(2)30-18)28(35)39-14-6-10-21-8-5-9-22(31-21)16-32-13-12-29-17-32/h4-13,15,17,24,26H,14,16H2,1-3H3. The van der Waals surface area contributed by atoms with E-state index in [2.05, 4.69) is 15.0 Å². The number of esters is 2. The van der Waals surface area contributed by atoms with Gasteiger partial charge in [0.1, 0.15) is 12.5 Å². The van der Waals surface area contributed by atoms with Crippen LogP contribution >= 0.6 is 0 Å². The molecule has 0 saturated heterocycles. The van der Waals surface area contributed by atoms with E-state index in [4.69, 9.17) is 9.47 Å². The average molecular weight is 530 g/mol. The van der Waals surface area contributed by atoms with Gasteiger partial charge >= 0.3 is 11.9 Å². The highest BCUT2D eigenvalue weighted by molar-refractivity contribution is 6.07. The Bertz CT molecular complexity index is 1480. The normalized spacial score (nSPS) is 17.2. The van der Waals surface area contributed by atoms with Crippen LogP contribution in [0.5, 0.6) is 0 Å². The Balaban J connectivity index is 1.54. The van der Waals surface area contributed by atoms with Crippen LogP contribution in [0.25, 0.3) is 6.08 Å². The largest absolute Gasteiger partial charge is 0.468 e. The number of imidazole rings is 1. The van der Waals surface area contributed by atoms with Gasteiger partial charge < -0.3 is 14.0 Å². The molecule has 4 rings (SSSR count). The van der Waals surface area contributed by atoms with Gasteiger partial charge in [0.25, 0.3) is 5.69 Å². The summed E-state index contributed by atoms with van der Waals surface area (Å²) in [5, 5.41) is 11.4. The van der Waals surface area contributed by atoms with E-state index in [9.17, 15) is 19.7 Å². The Labute approximate surface area is 224 Å². The molecule has 0 aliphatic carbocycles. The van der Waals surface area contributed by atoms with Crippen molar-refractivity contribution in [3.63, 3.8) is 0 Å². The van der Waals surface area contributed by atoms with E-state index in [1.165, 1.54) is 25.3 Å². The number of non-ortho nitro benzene ring substituents is 1. The van der Waals surface area contributed by atoms with Gasteiger partial charge in [-0.05, 0) is 43.7 Å². The Morgan fingerprint density at radius 2 is 1.97 bits per heavy atom. The molecule has 2 atom stereocenters. The van der Waals surface area contributed by atoms with Crippen molar-refractivity contribution < 1.29 is 24.0 Å². The van der Waals surface area contributed by atoms with Crippen molar-refractivity contribution >= 4 is 29.4 Å². The van der Waals surface area contributed by atoms with Gasteiger partial charge in [-0.15, -0.1) is 0 Å². The second-order valence-electron chi connectivity index (χ2n) is 8.87. The fourth-order valence-corrected chi connectivity index (χ4v) is 4.54. The number of ether oxygens (including phenoxy) is 2. The molecule has 0 radical (unpaired) electrons. The molecule has 2 aromatic heterocycles. The highest BCUT2D eigenvalue weighted by Gasteiger charge is 2.42. The summed E-state index contributed by atoms with van der Waals surface area (Å²) in [4.78, 5) is 50.0. The van der Waals surface area contributed by atoms with Crippen LogP contribution in [-0.4, -0.2) is 50.8 Å². The monoisotopic (exact) mass is 529 g/mol. The molecule has 11 heteroatoms. The predicted octanol–water partition coefficient (Wildman–Crippen LogP) is 4.11. The van der Waals surface area contributed by atoms with E-state index in [-0.39, 0.29) is 17.9 Å². The Kier molecular flexibility index (Phi) is 8.40. The summed E-state index contributed by atoms with van der Waals surface area (Å²) in [6, 6.07) is 11.5. The number of aliphatic imine (C=N–C) groups is 1. The number of methoxy groups -OCH3 is 1. The molecule has 11 nitrogen and oxygen atoms in total. The van der Waals surface area contributed by atoms with Crippen LogP contribution < -0.4 is 0 Å². The minimum Gasteiger partial charge on any atom is -0.468 e. The highest BCUT2D eigenvalue weighted by Crippen LogP contribution is 2.40. The lowest BCUT2D eigenvalue weighted by Gasteiger charge is -2.31. The number of allylic oxidation sites excluding steroid dienone is 1. The van der Waals surface area contributed by atoms with Crippen LogP contribution in [0.15, 0.2) is 83.5 Å². The van der Waals surface area contributed by atoms with E-state index >= 15 is 0 Å². The molecule has 2 unspecified atom stereocenters. The lowest BCUT2D eigenvalue weighted by Crippen LogP contribution is -2.36. The number of nitrogens with zero attached hydrogens (tertiary/aromatic N) is 5. The molecule has 3 aromatic rings. The molecule has 200 valence electrons. The zero-order valence-electron chi connectivity index (χ0n) is 21.7. The second kappa shape index (κ2) is 12.1. The third kappa shape index (κ3) is 6.32. The summed E-state index contributed by atoms with van der Waals surface area (Å²) in [6.45, 7) is 3.82. The maximum atomic E-state index is 13.3. The summed E-state index contributed by atoms with van der Waals surface area (Å²) < 4.78 is 12.4. The first-order valence-electron chi connectivity index (χ1n) is 12.1. The average Bonchev–Trinajstić information content (AvgIpc) is 3.43. The maximum Gasteiger partial charge on any atom is 0.336 e. The molecule has 0 N–H and O–H groups in total. The summed E-state index contributed by atoms with van der Waals surface area (Å²) in [5.74, 6) is -3.10. The molecule has 0 amide bonds. The first kappa shape index (κ1) is 27.1. The van der Waals surface area contributed by atoms with E-state index in [1.807, 2.05) is 29.0 Å². The fourth-order valence-electron chi connectivity index (χ4n) is 4.54. The fraction of sp³-hybridized carbons (Fsp3) is 0.250. The van der Waals surface area contributed by atoms with Gasteiger partial charge in [-0.1, -0.05) is 18.2 Å². The molecule has 1 aromatic carbocycles. The Morgan fingerprint density at radius 3 is 2.69 bits per heavy atom. The molecule has 1 aliphatic rings. The van der Waals surface area contributed by atoms with E-state index in [0.29, 0.717) is 29.2 Å². The van der Waals surface area contributed by atoms with Crippen LogP contribution in [0.4, 0.5) is 5.69 Å². The first-order valence-corrected chi connectivity index (χ1v) is 12.1. The summed E-state index contributed by atoms with van der Waals surface area (Å²) >= 11 is 0. The van der Waals surface area contributed by atoms with Gasteiger partial charge in [-0.2, -0.15) is 0 Å². The summed E-state index contributed by atoms with van der Waals surface area (Å²) in [6.07, 6.45) is 8.66. The Hall–Kier alpha value is -4.93. The van der Waals surface area contributed by atoms with Crippen molar-refractivity contribution in [3.05, 3.63) is 106 Å². The van der Waals surface area contributed by atoms with Crippen molar-refractivity contribution in [3.8, 4) is 0 Å². The minimum atomic E-state index is -0.943. The lowest BCUT2D eigenvalue weighted by atomic mass is 9.75. The molecule has 1 aliphatic heterocycles. The lowest BCUT2D eigenvalue weighted by molar-refractivity contribution is -0.384.